The summed E-state index contributed by atoms with van der Waals surface area (Å²) in [5.74, 6) is 2.34. The molecule has 94 valence electrons. The molecule has 1 saturated heterocycles. The van der Waals surface area contributed by atoms with Gasteiger partial charge in [-0.25, -0.2) is 0 Å². The van der Waals surface area contributed by atoms with E-state index in [9.17, 15) is 0 Å². The van der Waals surface area contributed by atoms with Gasteiger partial charge in [0.15, 0.2) is 0 Å². The third kappa shape index (κ3) is 1.79. The van der Waals surface area contributed by atoms with Crippen molar-refractivity contribution in [2.75, 3.05) is 13.1 Å². The second-order valence-electron chi connectivity index (χ2n) is 5.59. The van der Waals surface area contributed by atoms with Gasteiger partial charge in [-0.3, -0.25) is 0 Å². The summed E-state index contributed by atoms with van der Waals surface area (Å²) >= 11 is 0. The molecule has 1 atom stereocenters. The van der Waals surface area contributed by atoms with Crippen LogP contribution in [0.4, 0.5) is 0 Å². The van der Waals surface area contributed by atoms with Crippen LogP contribution in [0.5, 0.6) is 0 Å². The lowest BCUT2D eigenvalue weighted by Crippen LogP contribution is -2.44. The molecule has 0 radical (unpaired) electrons. The lowest BCUT2D eigenvalue weighted by Gasteiger charge is -2.36. The van der Waals surface area contributed by atoms with E-state index >= 15 is 0 Å². The molecule has 0 amide bonds. The molecule has 1 aliphatic heterocycles. The summed E-state index contributed by atoms with van der Waals surface area (Å²) in [4.78, 5) is 0. The highest BCUT2D eigenvalue weighted by molar-refractivity contribution is 5.15. The Hall–Kier alpha value is -0.900. The molecule has 1 N–H and O–H groups in total. The van der Waals surface area contributed by atoms with Crippen LogP contribution in [-0.4, -0.2) is 27.9 Å². The van der Waals surface area contributed by atoms with Crippen molar-refractivity contribution in [2.24, 2.45) is 0 Å². The second kappa shape index (κ2) is 4.09. The molecule has 4 nitrogen and oxygen atoms in total. The fourth-order valence-electron chi connectivity index (χ4n) is 3.12. The Kier molecular flexibility index (Phi) is 2.69. The molecule has 1 unspecified atom stereocenters. The van der Waals surface area contributed by atoms with Crippen molar-refractivity contribution in [3.8, 4) is 0 Å². The summed E-state index contributed by atoms with van der Waals surface area (Å²) in [5.41, 5.74) is 0.224. The SMILES string of the molecule is CCC1(c2nnc(C)n2C2CC2)CCCNC1. The van der Waals surface area contributed by atoms with Crippen molar-refractivity contribution >= 4 is 0 Å². The Balaban J connectivity index is 2.00. The van der Waals surface area contributed by atoms with Gasteiger partial charge in [0.05, 0.1) is 0 Å². The third-order valence-corrected chi connectivity index (χ3v) is 4.40. The predicted molar refractivity (Wildman–Crippen MR) is 67.1 cm³/mol. The predicted octanol–water partition coefficient (Wildman–Crippen LogP) is 1.95. The molecule has 2 heterocycles. The zero-order valence-electron chi connectivity index (χ0n) is 10.9. The van der Waals surface area contributed by atoms with Gasteiger partial charge in [-0.2, -0.15) is 0 Å². The van der Waals surface area contributed by atoms with Crippen LogP contribution in [0.15, 0.2) is 0 Å². The van der Waals surface area contributed by atoms with Gasteiger partial charge in [0.25, 0.3) is 0 Å². The number of hydrogen-bond donors (Lipinski definition) is 1. The lowest BCUT2D eigenvalue weighted by atomic mass is 9.77. The van der Waals surface area contributed by atoms with Crippen LogP contribution < -0.4 is 5.32 Å². The Labute approximate surface area is 103 Å². The molecular formula is C13H22N4. The standard InChI is InChI=1S/C13H22N4/c1-3-13(7-4-8-14-9-13)12-16-15-10(2)17(12)11-5-6-11/h11,14H,3-9H2,1-2H3. The van der Waals surface area contributed by atoms with E-state index in [1.807, 2.05) is 0 Å². The second-order valence-corrected chi connectivity index (χ2v) is 5.59. The topological polar surface area (TPSA) is 42.7 Å². The highest BCUT2D eigenvalue weighted by Crippen LogP contribution is 2.41. The number of rotatable bonds is 3. The average molecular weight is 234 g/mol. The highest BCUT2D eigenvalue weighted by Gasteiger charge is 2.40. The molecule has 0 spiro atoms. The van der Waals surface area contributed by atoms with Gasteiger partial charge in [-0.1, -0.05) is 6.92 Å². The van der Waals surface area contributed by atoms with Crippen molar-refractivity contribution in [1.29, 1.82) is 0 Å². The zero-order valence-corrected chi connectivity index (χ0v) is 10.9. The first-order valence-electron chi connectivity index (χ1n) is 6.89. The van der Waals surface area contributed by atoms with Gasteiger partial charge in [0, 0.05) is 18.0 Å². The number of piperidine rings is 1. The fourth-order valence-corrected chi connectivity index (χ4v) is 3.12. The zero-order chi connectivity index (χ0) is 11.9. The minimum atomic E-state index is 0.224. The van der Waals surface area contributed by atoms with Gasteiger partial charge < -0.3 is 9.88 Å². The monoisotopic (exact) mass is 234 g/mol. The summed E-state index contributed by atoms with van der Waals surface area (Å²) < 4.78 is 2.41. The molecule has 2 aliphatic rings. The summed E-state index contributed by atoms with van der Waals surface area (Å²) in [6.07, 6.45) is 6.27. The van der Waals surface area contributed by atoms with Crippen LogP contribution in [-0.2, 0) is 5.41 Å². The summed E-state index contributed by atoms with van der Waals surface area (Å²) in [6.45, 7) is 6.59. The number of nitrogens with zero attached hydrogens (tertiary/aromatic N) is 3. The molecule has 1 aliphatic carbocycles. The normalized spacial score (nSPS) is 29.5. The van der Waals surface area contributed by atoms with E-state index in [-0.39, 0.29) is 5.41 Å². The maximum Gasteiger partial charge on any atom is 0.140 e. The van der Waals surface area contributed by atoms with E-state index in [2.05, 4.69) is 33.9 Å². The molecule has 3 rings (SSSR count). The minimum absolute atomic E-state index is 0.224. The first kappa shape index (κ1) is 11.2. The van der Waals surface area contributed by atoms with Crippen LogP contribution in [0.1, 0.15) is 56.7 Å². The third-order valence-electron chi connectivity index (χ3n) is 4.40. The Bertz CT molecular complexity index is 400. The van der Waals surface area contributed by atoms with Gasteiger partial charge in [0.1, 0.15) is 11.6 Å². The Morgan fingerprint density at radius 1 is 1.41 bits per heavy atom. The van der Waals surface area contributed by atoms with Gasteiger partial charge in [-0.15, -0.1) is 10.2 Å². The molecular weight excluding hydrogens is 212 g/mol. The highest BCUT2D eigenvalue weighted by atomic mass is 15.3. The minimum Gasteiger partial charge on any atom is -0.316 e. The maximum absolute atomic E-state index is 4.52. The van der Waals surface area contributed by atoms with E-state index in [0.717, 1.165) is 25.3 Å². The van der Waals surface area contributed by atoms with Crippen molar-refractivity contribution < 1.29 is 0 Å². The molecule has 0 aromatic carbocycles. The van der Waals surface area contributed by atoms with Crippen molar-refractivity contribution in [3.05, 3.63) is 11.6 Å². The average Bonchev–Trinajstić information content (AvgIpc) is 3.13. The van der Waals surface area contributed by atoms with Crippen LogP contribution in [0, 0.1) is 6.92 Å². The quantitative estimate of drug-likeness (QED) is 0.869. The van der Waals surface area contributed by atoms with Gasteiger partial charge in [0.2, 0.25) is 0 Å². The molecule has 17 heavy (non-hydrogen) atoms. The molecule has 2 fully saturated rings. The molecule has 1 aromatic heterocycles. The van der Waals surface area contributed by atoms with Crippen molar-refractivity contribution in [2.45, 2.75) is 57.4 Å². The molecule has 0 bridgehead atoms. The van der Waals surface area contributed by atoms with Crippen LogP contribution >= 0.6 is 0 Å². The number of aromatic nitrogens is 3. The van der Waals surface area contributed by atoms with E-state index in [1.54, 1.807) is 0 Å². The van der Waals surface area contributed by atoms with Crippen LogP contribution in [0.2, 0.25) is 0 Å². The summed E-state index contributed by atoms with van der Waals surface area (Å²) in [5, 5.41) is 12.4. The molecule has 1 saturated carbocycles. The van der Waals surface area contributed by atoms with Crippen LogP contribution in [0.3, 0.4) is 0 Å². The lowest BCUT2D eigenvalue weighted by molar-refractivity contribution is 0.277. The smallest absolute Gasteiger partial charge is 0.140 e. The Morgan fingerprint density at radius 3 is 2.82 bits per heavy atom. The van der Waals surface area contributed by atoms with E-state index in [1.165, 1.54) is 31.5 Å². The maximum atomic E-state index is 4.52. The van der Waals surface area contributed by atoms with E-state index in [4.69, 9.17) is 0 Å². The van der Waals surface area contributed by atoms with Crippen molar-refractivity contribution in [3.63, 3.8) is 0 Å². The fraction of sp³-hybridized carbons (Fsp3) is 0.846. The number of aryl methyl sites for hydroxylation is 1. The summed E-state index contributed by atoms with van der Waals surface area (Å²) in [7, 11) is 0. The first-order chi connectivity index (χ1) is 8.27. The number of hydrogen-bond acceptors (Lipinski definition) is 3. The first-order valence-corrected chi connectivity index (χ1v) is 6.89. The summed E-state index contributed by atoms with van der Waals surface area (Å²) in [6, 6.07) is 0.686. The molecule has 1 aromatic rings. The number of nitrogens with one attached hydrogen (secondary N) is 1. The van der Waals surface area contributed by atoms with E-state index in [0.29, 0.717) is 6.04 Å². The van der Waals surface area contributed by atoms with E-state index < -0.39 is 0 Å². The Morgan fingerprint density at radius 2 is 2.24 bits per heavy atom. The molecule has 4 heteroatoms. The van der Waals surface area contributed by atoms with Crippen LogP contribution in [0.25, 0.3) is 0 Å². The van der Waals surface area contributed by atoms with Gasteiger partial charge >= 0.3 is 0 Å². The van der Waals surface area contributed by atoms with Gasteiger partial charge in [-0.05, 0) is 45.6 Å². The largest absolute Gasteiger partial charge is 0.316 e. The van der Waals surface area contributed by atoms with Crippen molar-refractivity contribution in [1.82, 2.24) is 20.1 Å².